The number of ether oxygens (including phenoxy) is 1. The Hall–Kier alpha value is -0.460. The van der Waals surface area contributed by atoms with Gasteiger partial charge in [-0.1, -0.05) is 13.3 Å². The minimum Gasteiger partial charge on any atom is -0.480 e. The van der Waals surface area contributed by atoms with Crippen LogP contribution in [0.15, 0.2) is 0 Å². The lowest BCUT2D eigenvalue weighted by molar-refractivity contribution is -0.142. The van der Waals surface area contributed by atoms with Crippen LogP contribution in [0.4, 0.5) is 0 Å². The lowest BCUT2D eigenvalue weighted by Crippen LogP contribution is -2.07. The fourth-order valence-electron chi connectivity index (χ4n) is 0.406. The molecule has 7 nitrogen and oxygen atoms in total. The van der Waals surface area contributed by atoms with E-state index in [2.05, 4.69) is 0 Å². The maximum absolute atomic E-state index is 9.84. The fourth-order valence-corrected chi connectivity index (χ4v) is 0.406. The SMILES string of the molecule is CCCCOCC(=O)O.O=P(O)(O)O. The Balaban J connectivity index is 0. The molecule has 0 aromatic carbocycles. The second kappa shape index (κ2) is 9.11. The Kier molecular flexibility index (Phi) is 10.4. The molecule has 0 bridgehead atoms. The third-order valence-electron chi connectivity index (χ3n) is 0.868. The number of hydrogen-bond acceptors (Lipinski definition) is 3. The molecule has 0 saturated carbocycles. The zero-order valence-corrected chi connectivity index (χ0v) is 8.68. The average Bonchev–Trinajstić information content (AvgIpc) is 1.94. The van der Waals surface area contributed by atoms with Gasteiger partial charge in [0.2, 0.25) is 0 Å². The molecule has 0 atom stereocenters. The maximum Gasteiger partial charge on any atom is 0.466 e. The minimum absolute atomic E-state index is 0.167. The highest BCUT2D eigenvalue weighted by atomic mass is 31.2. The van der Waals surface area contributed by atoms with E-state index in [1.807, 2.05) is 6.92 Å². The Morgan fingerprint density at radius 1 is 1.36 bits per heavy atom. The van der Waals surface area contributed by atoms with Gasteiger partial charge < -0.3 is 24.5 Å². The summed E-state index contributed by atoms with van der Waals surface area (Å²) in [5.74, 6) is -0.897. The molecular weight excluding hydrogens is 215 g/mol. The third-order valence-corrected chi connectivity index (χ3v) is 0.868. The summed E-state index contributed by atoms with van der Waals surface area (Å²) in [5, 5.41) is 8.09. The first kappa shape index (κ1) is 16.0. The van der Waals surface area contributed by atoms with Gasteiger partial charge in [0.05, 0.1) is 0 Å². The van der Waals surface area contributed by atoms with Crippen molar-refractivity contribution in [3.8, 4) is 0 Å². The Morgan fingerprint density at radius 2 is 1.79 bits per heavy atom. The van der Waals surface area contributed by atoms with Crippen molar-refractivity contribution in [3.63, 3.8) is 0 Å². The molecule has 0 aliphatic carbocycles. The van der Waals surface area contributed by atoms with Gasteiger partial charge in [0, 0.05) is 6.61 Å². The van der Waals surface area contributed by atoms with Crippen molar-refractivity contribution < 1.29 is 33.9 Å². The molecule has 0 amide bonds. The van der Waals surface area contributed by atoms with E-state index >= 15 is 0 Å². The molecule has 0 rings (SSSR count). The highest BCUT2D eigenvalue weighted by molar-refractivity contribution is 7.45. The van der Waals surface area contributed by atoms with Gasteiger partial charge in [-0.25, -0.2) is 9.36 Å². The van der Waals surface area contributed by atoms with Gasteiger partial charge in [-0.2, -0.15) is 0 Å². The smallest absolute Gasteiger partial charge is 0.466 e. The van der Waals surface area contributed by atoms with Crippen LogP contribution in [0.2, 0.25) is 0 Å². The maximum atomic E-state index is 9.84. The molecule has 0 heterocycles. The molecule has 0 radical (unpaired) electrons. The summed E-state index contributed by atoms with van der Waals surface area (Å²) in [4.78, 5) is 31.4. The lowest BCUT2D eigenvalue weighted by Gasteiger charge is -1.96. The van der Waals surface area contributed by atoms with E-state index in [9.17, 15) is 4.79 Å². The van der Waals surface area contributed by atoms with Crippen LogP contribution < -0.4 is 0 Å². The van der Waals surface area contributed by atoms with Crippen LogP contribution in [0.3, 0.4) is 0 Å². The fraction of sp³-hybridized carbons (Fsp3) is 0.833. The predicted octanol–water partition coefficient (Wildman–Crippen LogP) is -0.0409. The van der Waals surface area contributed by atoms with Crippen LogP contribution in [-0.4, -0.2) is 39.0 Å². The van der Waals surface area contributed by atoms with Gasteiger partial charge in [-0.3, -0.25) is 0 Å². The van der Waals surface area contributed by atoms with E-state index in [0.29, 0.717) is 6.61 Å². The summed E-state index contributed by atoms with van der Waals surface area (Å²) >= 11 is 0. The topological polar surface area (TPSA) is 124 Å². The molecule has 86 valence electrons. The average molecular weight is 230 g/mol. The summed E-state index contributed by atoms with van der Waals surface area (Å²) < 4.78 is 13.6. The molecular formula is C6H15O7P. The van der Waals surface area contributed by atoms with Crippen LogP contribution in [-0.2, 0) is 14.1 Å². The molecule has 0 fully saturated rings. The van der Waals surface area contributed by atoms with Crippen LogP contribution in [0, 0.1) is 0 Å². The summed E-state index contributed by atoms with van der Waals surface area (Å²) in [7, 11) is -4.64. The first-order chi connectivity index (χ1) is 6.27. The molecule has 0 unspecified atom stereocenters. The van der Waals surface area contributed by atoms with Crippen LogP contribution in [0.25, 0.3) is 0 Å². The van der Waals surface area contributed by atoms with Crippen molar-refractivity contribution in [2.24, 2.45) is 0 Å². The summed E-state index contributed by atoms with van der Waals surface area (Å²) in [5.41, 5.74) is 0. The number of carbonyl (C=O) groups is 1. The Morgan fingerprint density at radius 3 is 2.07 bits per heavy atom. The van der Waals surface area contributed by atoms with E-state index in [1.165, 1.54) is 0 Å². The number of phosphoric acid groups is 1. The van der Waals surface area contributed by atoms with Crippen molar-refractivity contribution in [2.45, 2.75) is 19.8 Å². The first-order valence-corrected chi connectivity index (χ1v) is 5.41. The zero-order chi connectivity index (χ0) is 11.6. The minimum atomic E-state index is -4.64. The first-order valence-electron chi connectivity index (χ1n) is 3.85. The number of rotatable bonds is 5. The van der Waals surface area contributed by atoms with Gasteiger partial charge in [-0.15, -0.1) is 0 Å². The van der Waals surface area contributed by atoms with Gasteiger partial charge in [0.1, 0.15) is 6.61 Å². The lowest BCUT2D eigenvalue weighted by atomic mass is 10.4. The Bertz CT molecular complexity index is 178. The monoisotopic (exact) mass is 230 g/mol. The van der Waals surface area contributed by atoms with E-state index in [1.54, 1.807) is 0 Å². The van der Waals surface area contributed by atoms with Crippen LogP contribution in [0.5, 0.6) is 0 Å². The molecule has 0 spiro atoms. The quantitative estimate of drug-likeness (QED) is 0.385. The molecule has 0 aromatic heterocycles. The highest BCUT2D eigenvalue weighted by Crippen LogP contribution is 2.25. The second-order valence-electron chi connectivity index (χ2n) is 2.31. The molecule has 0 aromatic rings. The molecule has 8 heteroatoms. The largest absolute Gasteiger partial charge is 0.480 e. The van der Waals surface area contributed by atoms with Crippen LogP contribution >= 0.6 is 7.82 Å². The molecule has 0 saturated heterocycles. The normalized spacial score (nSPS) is 10.3. The number of aliphatic carboxylic acids is 1. The van der Waals surface area contributed by atoms with Gasteiger partial charge in [0.15, 0.2) is 0 Å². The number of carboxylic acids is 1. The Labute approximate surface area is 81.6 Å². The van der Waals surface area contributed by atoms with Gasteiger partial charge in [-0.05, 0) is 6.42 Å². The number of carboxylic acid groups (broad SMARTS) is 1. The van der Waals surface area contributed by atoms with E-state index < -0.39 is 13.8 Å². The number of hydrogen-bond donors (Lipinski definition) is 4. The zero-order valence-electron chi connectivity index (χ0n) is 7.79. The standard InChI is InChI=1S/C6H12O3.H3O4P/c1-2-3-4-9-5-6(7)8;1-5(2,3)4/h2-5H2,1H3,(H,7,8);(H3,1,2,3,4). The number of unbranched alkanes of at least 4 members (excludes halogenated alkanes) is 1. The third kappa shape index (κ3) is 41.8. The summed E-state index contributed by atoms with van der Waals surface area (Å²) in [6.45, 7) is 2.42. The van der Waals surface area contributed by atoms with Crippen molar-refractivity contribution in [1.82, 2.24) is 0 Å². The predicted molar refractivity (Wildman–Crippen MR) is 47.6 cm³/mol. The van der Waals surface area contributed by atoms with Crippen molar-refractivity contribution in [1.29, 1.82) is 0 Å². The van der Waals surface area contributed by atoms with Crippen molar-refractivity contribution in [2.75, 3.05) is 13.2 Å². The highest BCUT2D eigenvalue weighted by Gasteiger charge is 2.00. The van der Waals surface area contributed by atoms with Crippen LogP contribution in [0.1, 0.15) is 19.8 Å². The van der Waals surface area contributed by atoms with E-state index in [4.69, 9.17) is 29.1 Å². The van der Waals surface area contributed by atoms with Crippen molar-refractivity contribution >= 4 is 13.8 Å². The molecule has 0 aliphatic heterocycles. The van der Waals surface area contributed by atoms with E-state index in [-0.39, 0.29) is 6.61 Å². The van der Waals surface area contributed by atoms with E-state index in [0.717, 1.165) is 12.8 Å². The van der Waals surface area contributed by atoms with Gasteiger partial charge in [0.25, 0.3) is 0 Å². The molecule has 0 aliphatic rings. The van der Waals surface area contributed by atoms with Gasteiger partial charge >= 0.3 is 13.8 Å². The second-order valence-corrected chi connectivity index (χ2v) is 3.34. The molecule has 14 heavy (non-hydrogen) atoms. The molecule has 4 N–H and O–H groups in total. The summed E-state index contributed by atoms with van der Waals surface area (Å²) in [6.07, 6.45) is 1.98. The summed E-state index contributed by atoms with van der Waals surface area (Å²) in [6, 6.07) is 0. The van der Waals surface area contributed by atoms with Crippen molar-refractivity contribution in [3.05, 3.63) is 0 Å².